The molecule has 0 saturated carbocycles. The number of hydrogen-bond donors (Lipinski definition) is 0. The molecule has 0 N–H and O–H groups in total. The number of fused-ring (bicyclic) bond motifs is 8. The minimum atomic E-state index is -0.523. The normalized spacial score (nSPS) is 14.4. The van der Waals surface area contributed by atoms with Crippen LogP contribution in [0.3, 0.4) is 0 Å². The van der Waals surface area contributed by atoms with E-state index in [1.54, 1.807) is 0 Å². The largest absolute Gasteiger partial charge is 0.458 e. The molecule has 0 fully saturated rings. The van der Waals surface area contributed by atoms with Crippen molar-refractivity contribution < 1.29 is 9.15 Å². The van der Waals surface area contributed by atoms with E-state index in [2.05, 4.69) is 433 Å². The zero-order valence-electron chi connectivity index (χ0n) is 67.0. The molecule has 0 amide bonds. The molecule has 16 aromatic rings. The zero-order valence-corrected chi connectivity index (χ0v) is 67.0. The summed E-state index contributed by atoms with van der Waals surface area (Å²) in [6, 6.07) is 121. The lowest BCUT2D eigenvalue weighted by Crippen LogP contribution is -2.31. The molecule has 0 bridgehead atoms. The molecule has 0 spiro atoms. The van der Waals surface area contributed by atoms with Crippen molar-refractivity contribution in [3.8, 4) is 72.5 Å². The number of para-hydroxylation sites is 5. The van der Waals surface area contributed by atoms with Gasteiger partial charge in [-0.1, -0.05) is 361 Å². The Labute approximate surface area is 666 Å². The first kappa shape index (κ1) is 72.1. The average Bonchev–Trinajstić information content (AvgIpc) is 1.58. The number of allylic oxidation sites excluding steroid dienone is 3. The number of rotatable bonds is 15. The van der Waals surface area contributed by atoms with Crippen LogP contribution in [-0.2, 0) is 33.5 Å². The van der Waals surface area contributed by atoms with Gasteiger partial charge in [-0.2, -0.15) is 0 Å². The smallest absolute Gasteiger partial charge is 0.159 e. The third-order valence-electron chi connectivity index (χ3n) is 23.9. The Kier molecular flexibility index (Phi) is 17.9. The predicted molar refractivity (Wildman–Crippen MR) is 479 cm³/mol. The predicted octanol–water partition coefficient (Wildman–Crippen LogP) is 30.4. The summed E-state index contributed by atoms with van der Waals surface area (Å²) in [5, 5.41) is 6.97. The Balaban J connectivity index is 0.758. The van der Waals surface area contributed by atoms with Crippen LogP contribution < -0.4 is 14.5 Å². The van der Waals surface area contributed by atoms with E-state index in [1.165, 1.54) is 88.3 Å². The van der Waals surface area contributed by atoms with E-state index >= 15 is 0 Å². The van der Waals surface area contributed by atoms with Crippen molar-refractivity contribution in [3.05, 3.63) is 385 Å². The van der Waals surface area contributed by atoms with Gasteiger partial charge in [0, 0.05) is 38.7 Å². The highest BCUT2D eigenvalue weighted by molar-refractivity contribution is 6.14. The summed E-state index contributed by atoms with van der Waals surface area (Å²) < 4.78 is 14.6. The van der Waals surface area contributed by atoms with Crippen LogP contribution >= 0.6 is 0 Å². The number of hydrogen-bond acceptors (Lipinski definition) is 4. The van der Waals surface area contributed by atoms with Crippen LogP contribution in [-0.4, -0.2) is 0 Å². The van der Waals surface area contributed by atoms with Gasteiger partial charge in [0.25, 0.3) is 0 Å². The summed E-state index contributed by atoms with van der Waals surface area (Å²) in [5.41, 5.74) is 28.5. The maximum absolute atomic E-state index is 7.61. The van der Waals surface area contributed by atoms with E-state index in [9.17, 15) is 0 Å². The first-order valence-electron chi connectivity index (χ1n) is 40.1. The highest BCUT2D eigenvalue weighted by Crippen LogP contribution is 2.57. The van der Waals surface area contributed by atoms with Crippen molar-refractivity contribution in [2.24, 2.45) is 0 Å². The molecule has 18 rings (SSSR count). The van der Waals surface area contributed by atoms with E-state index in [0.29, 0.717) is 0 Å². The minimum Gasteiger partial charge on any atom is -0.458 e. The van der Waals surface area contributed by atoms with Crippen molar-refractivity contribution in [3.63, 3.8) is 0 Å². The molecule has 1 unspecified atom stereocenters. The molecule has 15 aromatic carbocycles. The van der Waals surface area contributed by atoms with Crippen LogP contribution in [0.2, 0.25) is 0 Å². The number of furan rings is 1. The summed E-state index contributed by atoms with van der Waals surface area (Å²) in [6.07, 6.45) is 6.28. The summed E-state index contributed by atoms with van der Waals surface area (Å²) in [6.45, 7) is 28.4. The van der Waals surface area contributed by atoms with Gasteiger partial charge < -0.3 is 19.0 Å². The summed E-state index contributed by atoms with van der Waals surface area (Å²) >= 11 is 0. The van der Waals surface area contributed by atoms with Crippen LogP contribution in [0.15, 0.2) is 356 Å². The molecule has 0 radical (unpaired) electrons. The quantitative estimate of drug-likeness (QED) is 0.102. The minimum absolute atomic E-state index is 0.0510. The molecule has 554 valence electrons. The molecule has 0 saturated heterocycles. The standard InChI is InChI=1S/C109H96N2O2/c1-105(2,3)79-64-77(65-80(68-79)106(4,5)6)85-47-27-38-74-40-29-49-90(100(74)85)87-44-20-24-53-94(87)110(83-61-59-72(60-62-83)71-34-15-13-16-35-71)97-56-33-63-109(12)102-76(42-31-58-99(102)113-104(97)109)70-108(10,11)82-67-78(66-81(69-82)107(7,8)9)86-48-28-39-75-41-30-50-91(101(75)86)88-45-21-25-54-95(88)111(93-52-23-19-43-84(93)73-36-17-14-18-37-73)96-55-32-51-92-89-46-22-26-57-98(89)112-103(92)96/h13-62,64-69H,63,70H2,1-12H3. The number of nitrogens with zero attached hydrogens (tertiary/aromatic N) is 2. The monoisotopic (exact) mass is 1460 g/mol. The van der Waals surface area contributed by atoms with Gasteiger partial charge in [-0.05, 0) is 195 Å². The maximum Gasteiger partial charge on any atom is 0.159 e. The van der Waals surface area contributed by atoms with Gasteiger partial charge in [0.2, 0.25) is 0 Å². The van der Waals surface area contributed by atoms with E-state index in [0.717, 1.165) is 114 Å². The Morgan fingerprint density at radius 3 is 1.35 bits per heavy atom. The van der Waals surface area contributed by atoms with Crippen molar-refractivity contribution in [2.45, 2.75) is 123 Å². The molecule has 2 heterocycles. The molecule has 1 aromatic heterocycles. The molecule has 1 aliphatic heterocycles. The molecule has 1 aliphatic carbocycles. The number of benzene rings is 15. The third-order valence-corrected chi connectivity index (χ3v) is 23.9. The van der Waals surface area contributed by atoms with Crippen LogP contribution in [0.4, 0.5) is 28.4 Å². The van der Waals surface area contributed by atoms with Gasteiger partial charge >= 0.3 is 0 Å². The Bertz CT molecular complexity index is 6400. The lowest BCUT2D eigenvalue weighted by molar-refractivity contribution is 0.369. The van der Waals surface area contributed by atoms with Crippen molar-refractivity contribution in [2.75, 3.05) is 9.80 Å². The van der Waals surface area contributed by atoms with E-state index < -0.39 is 5.41 Å². The fraction of sp³-hybridized carbons (Fsp3) is 0.174. The fourth-order valence-electron chi connectivity index (χ4n) is 17.9. The van der Waals surface area contributed by atoms with Gasteiger partial charge in [-0.25, -0.2) is 0 Å². The fourth-order valence-corrected chi connectivity index (χ4v) is 17.9. The van der Waals surface area contributed by atoms with Gasteiger partial charge in [0.1, 0.15) is 17.1 Å². The Morgan fingerprint density at radius 1 is 0.345 bits per heavy atom. The van der Waals surface area contributed by atoms with Crippen LogP contribution in [0.25, 0.3) is 110 Å². The topological polar surface area (TPSA) is 28.9 Å². The van der Waals surface area contributed by atoms with E-state index in [4.69, 9.17) is 9.15 Å². The van der Waals surface area contributed by atoms with E-state index in [1.807, 2.05) is 0 Å². The second-order valence-electron chi connectivity index (χ2n) is 35.1. The summed E-state index contributed by atoms with van der Waals surface area (Å²) in [7, 11) is 0. The second kappa shape index (κ2) is 28.1. The molecule has 2 aliphatic rings. The zero-order chi connectivity index (χ0) is 77.7. The summed E-state index contributed by atoms with van der Waals surface area (Å²) in [5.74, 6) is 1.87. The maximum atomic E-state index is 7.61. The van der Waals surface area contributed by atoms with E-state index in [-0.39, 0.29) is 21.7 Å². The average molecular weight is 1470 g/mol. The number of anilines is 5. The molecule has 4 nitrogen and oxygen atoms in total. The molecular weight excluding hydrogens is 1370 g/mol. The summed E-state index contributed by atoms with van der Waals surface area (Å²) in [4.78, 5) is 4.93. The lowest BCUT2D eigenvalue weighted by Gasteiger charge is -2.36. The van der Waals surface area contributed by atoms with Gasteiger partial charge in [-0.15, -0.1) is 0 Å². The second-order valence-corrected chi connectivity index (χ2v) is 35.1. The third kappa shape index (κ3) is 13.0. The molecule has 4 heteroatoms. The van der Waals surface area contributed by atoms with Crippen LogP contribution in [0.5, 0.6) is 5.75 Å². The van der Waals surface area contributed by atoms with Gasteiger partial charge in [0.15, 0.2) is 5.58 Å². The van der Waals surface area contributed by atoms with Crippen LogP contribution in [0, 0.1) is 0 Å². The first-order chi connectivity index (χ1) is 54.6. The number of ether oxygens (including phenoxy) is 1. The molecular formula is C109H96N2O2. The Morgan fingerprint density at radius 2 is 0.779 bits per heavy atom. The van der Waals surface area contributed by atoms with Crippen LogP contribution in [0.1, 0.15) is 123 Å². The van der Waals surface area contributed by atoms with Gasteiger partial charge in [0.05, 0.1) is 33.9 Å². The molecule has 113 heavy (non-hydrogen) atoms. The lowest BCUT2D eigenvalue weighted by atomic mass is 9.70. The SMILES string of the molecule is CC(C)(C)c1cc(-c2cccc3cccc(-c4ccccc4N(C4=C5Oc6cccc(CC(C)(C)c7cc(-c8cccc9cccc(-c%10ccccc%10N(c%10ccccc%10-c%10ccccc%10)c%10cccc%11c%10oc%10ccccc%10%11)c89)cc(C(C)(C)C)c7)c6C5(C)CC=C4)c4ccc(-c5ccccc5)cc4)c23)cc(C(C)(C)C)c1. The van der Waals surface area contributed by atoms with Crippen molar-refractivity contribution in [1.82, 2.24) is 0 Å². The molecule has 1 atom stereocenters. The first-order valence-corrected chi connectivity index (χ1v) is 40.1. The highest BCUT2D eigenvalue weighted by Gasteiger charge is 2.47. The van der Waals surface area contributed by atoms with Gasteiger partial charge in [-0.3, -0.25) is 0 Å². The van der Waals surface area contributed by atoms with Crippen molar-refractivity contribution >= 4 is 71.9 Å². The Hall–Kier alpha value is -12.5. The highest BCUT2D eigenvalue weighted by atomic mass is 16.5. The van der Waals surface area contributed by atoms with Crippen molar-refractivity contribution in [1.29, 1.82) is 0 Å².